The number of halogens is 3. The summed E-state index contributed by atoms with van der Waals surface area (Å²) in [6.07, 6.45) is -2.92. The Balaban J connectivity index is 1.42. The number of alkyl halides is 3. The zero-order valence-electron chi connectivity index (χ0n) is 16.8. The van der Waals surface area contributed by atoms with Crippen molar-refractivity contribution in [2.75, 3.05) is 31.1 Å². The number of hydrogen-bond acceptors (Lipinski definition) is 7. The number of aryl methyl sites for hydroxylation is 1. The predicted octanol–water partition coefficient (Wildman–Crippen LogP) is 3.12. The average Bonchev–Trinajstić information content (AvgIpc) is 3.11. The van der Waals surface area contributed by atoms with E-state index in [2.05, 4.69) is 24.8 Å². The van der Waals surface area contributed by atoms with E-state index >= 15 is 0 Å². The second kappa shape index (κ2) is 7.84. The Hall–Kier alpha value is -2.72. The van der Waals surface area contributed by atoms with Crippen molar-refractivity contribution in [3.05, 3.63) is 47.2 Å². The molecular weight excluding hydrogens is 397 g/mol. The van der Waals surface area contributed by atoms with Gasteiger partial charge in [-0.2, -0.15) is 13.2 Å². The molecule has 30 heavy (non-hydrogen) atoms. The van der Waals surface area contributed by atoms with Crippen LogP contribution in [-0.2, 0) is 6.54 Å². The van der Waals surface area contributed by atoms with E-state index in [0.29, 0.717) is 23.5 Å². The van der Waals surface area contributed by atoms with Gasteiger partial charge in [-0.25, -0.2) is 15.0 Å². The van der Waals surface area contributed by atoms with Crippen molar-refractivity contribution in [3.8, 4) is 0 Å². The van der Waals surface area contributed by atoms with Gasteiger partial charge >= 0.3 is 6.18 Å². The smallest absolute Gasteiger partial charge is 0.407 e. The van der Waals surface area contributed by atoms with Crippen LogP contribution >= 0.6 is 0 Å². The number of anilines is 1. The van der Waals surface area contributed by atoms with Crippen LogP contribution in [0.5, 0.6) is 0 Å². The van der Waals surface area contributed by atoms with E-state index in [4.69, 9.17) is 10.2 Å². The van der Waals surface area contributed by atoms with Crippen LogP contribution in [0, 0.1) is 13.8 Å². The van der Waals surface area contributed by atoms with E-state index in [1.807, 2.05) is 13.8 Å². The first-order valence-electron chi connectivity index (χ1n) is 9.69. The van der Waals surface area contributed by atoms with Crippen molar-refractivity contribution in [2.24, 2.45) is 5.73 Å². The molecule has 3 aromatic rings. The molecule has 2 N–H and O–H groups in total. The quantitative estimate of drug-likeness (QED) is 0.694. The van der Waals surface area contributed by atoms with Crippen LogP contribution in [0.4, 0.5) is 19.0 Å². The fourth-order valence-electron chi connectivity index (χ4n) is 3.59. The van der Waals surface area contributed by atoms with Gasteiger partial charge < -0.3 is 15.1 Å². The lowest BCUT2D eigenvalue weighted by Gasteiger charge is -2.35. The SMILES string of the molecule is Cc1ncnc(N2CCN(Cc3nc4ccc(C(N)C(F)(F)F)cc4o3)CC2)c1C. The fraction of sp³-hybridized carbons (Fsp3) is 0.450. The molecule has 4 rings (SSSR count). The third-order valence-corrected chi connectivity index (χ3v) is 5.51. The van der Waals surface area contributed by atoms with Gasteiger partial charge in [-0.3, -0.25) is 4.90 Å². The largest absolute Gasteiger partial charge is 0.439 e. The standard InChI is InChI=1S/C20H23F3N6O/c1-12-13(2)25-11-26-19(12)29-7-5-28(6-8-29)10-17-27-15-4-3-14(9-16(15)30-17)18(24)20(21,22)23/h3-4,9,11,18H,5-8,10,24H2,1-2H3. The molecule has 1 fully saturated rings. The Morgan fingerprint density at radius 2 is 1.87 bits per heavy atom. The first-order chi connectivity index (χ1) is 14.2. The van der Waals surface area contributed by atoms with Crippen LogP contribution in [0.25, 0.3) is 11.1 Å². The highest BCUT2D eigenvalue weighted by atomic mass is 19.4. The molecule has 0 amide bonds. The summed E-state index contributed by atoms with van der Waals surface area (Å²) in [4.78, 5) is 17.5. The highest BCUT2D eigenvalue weighted by Gasteiger charge is 2.38. The minimum Gasteiger partial charge on any atom is -0.439 e. The summed E-state index contributed by atoms with van der Waals surface area (Å²) in [7, 11) is 0. The number of aromatic nitrogens is 3. The van der Waals surface area contributed by atoms with Gasteiger partial charge in [-0.1, -0.05) is 6.07 Å². The van der Waals surface area contributed by atoms with E-state index < -0.39 is 12.2 Å². The summed E-state index contributed by atoms with van der Waals surface area (Å²) in [6, 6.07) is 2.14. The van der Waals surface area contributed by atoms with Crippen molar-refractivity contribution in [3.63, 3.8) is 0 Å². The summed E-state index contributed by atoms with van der Waals surface area (Å²) in [5.41, 5.74) is 8.14. The number of hydrogen-bond donors (Lipinski definition) is 1. The molecule has 1 aliphatic heterocycles. The number of piperazine rings is 1. The van der Waals surface area contributed by atoms with Crippen molar-refractivity contribution in [1.29, 1.82) is 0 Å². The monoisotopic (exact) mass is 420 g/mol. The number of nitrogens with two attached hydrogens (primary N) is 1. The Labute approximate surface area is 171 Å². The lowest BCUT2D eigenvalue weighted by Crippen LogP contribution is -2.46. The number of fused-ring (bicyclic) bond motifs is 1. The Bertz CT molecular complexity index is 1040. The highest BCUT2D eigenvalue weighted by molar-refractivity contribution is 5.73. The van der Waals surface area contributed by atoms with Crippen molar-refractivity contribution < 1.29 is 17.6 Å². The Morgan fingerprint density at radius 1 is 1.13 bits per heavy atom. The minimum atomic E-state index is -4.50. The zero-order valence-corrected chi connectivity index (χ0v) is 16.8. The summed E-state index contributed by atoms with van der Waals surface area (Å²) in [5.74, 6) is 1.43. The molecule has 1 unspecified atom stereocenters. The molecule has 0 spiro atoms. The minimum absolute atomic E-state index is 0.0400. The normalized spacial score (nSPS) is 16.9. The van der Waals surface area contributed by atoms with Crippen LogP contribution in [0.15, 0.2) is 28.9 Å². The second-order valence-electron chi connectivity index (χ2n) is 7.52. The molecule has 0 radical (unpaired) electrons. The molecular formula is C20H23F3N6O. The maximum atomic E-state index is 12.9. The molecule has 1 aromatic carbocycles. The average molecular weight is 420 g/mol. The van der Waals surface area contributed by atoms with Crippen molar-refractivity contribution in [2.45, 2.75) is 32.6 Å². The van der Waals surface area contributed by atoms with Crippen LogP contribution in [-0.4, -0.2) is 52.2 Å². The second-order valence-corrected chi connectivity index (χ2v) is 7.52. The number of nitrogens with zero attached hydrogens (tertiary/aromatic N) is 5. The highest BCUT2D eigenvalue weighted by Crippen LogP contribution is 2.32. The molecule has 0 aliphatic carbocycles. The molecule has 0 bridgehead atoms. The summed E-state index contributed by atoms with van der Waals surface area (Å²) < 4.78 is 44.3. The molecule has 7 nitrogen and oxygen atoms in total. The maximum absolute atomic E-state index is 12.9. The third kappa shape index (κ3) is 4.10. The van der Waals surface area contributed by atoms with Gasteiger partial charge in [0, 0.05) is 37.4 Å². The number of rotatable bonds is 4. The molecule has 1 aliphatic rings. The van der Waals surface area contributed by atoms with Gasteiger partial charge in [-0.15, -0.1) is 0 Å². The predicted molar refractivity (Wildman–Crippen MR) is 106 cm³/mol. The number of oxazole rings is 1. The molecule has 1 saturated heterocycles. The van der Waals surface area contributed by atoms with Crippen LogP contribution < -0.4 is 10.6 Å². The van der Waals surface area contributed by atoms with Gasteiger partial charge in [0.1, 0.15) is 23.7 Å². The van der Waals surface area contributed by atoms with Gasteiger partial charge in [-0.05, 0) is 31.5 Å². The third-order valence-electron chi connectivity index (χ3n) is 5.51. The van der Waals surface area contributed by atoms with E-state index in [-0.39, 0.29) is 5.56 Å². The van der Waals surface area contributed by atoms with Crippen LogP contribution in [0.3, 0.4) is 0 Å². The molecule has 160 valence electrons. The summed E-state index contributed by atoms with van der Waals surface area (Å²) >= 11 is 0. The van der Waals surface area contributed by atoms with Crippen molar-refractivity contribution >= 4 is 16.9 Å². The van der Waals surface area contributed by atoms with Gasteiger partial charge in [0.25, 0.3) is 0 Å². The number of benzene rings is 1. The maximum Gasteiger partial charge on any atom is 0.407 e. The molecule has 1 atom stereocenters. The topological polar surface area (TPSA) is 84.3 Å². The lowest BCUT2D eigenvalue weighted by molar-refractivity contribution is -0.149. The first kappa shape index (κ1) is 20.5. The fourth-order valence-corrected chi connectivity index (χ4v) is 3.59. The van der Waals surface area contributed by atoms with E-state index in [1.54, 1.807) is 6.33 Å². The first-order valence-corrected chi connectivity index (χ1v) is 9.69. The van der Waals surface area contributed by atoms with Gasteiger partial charge in [0.05, 0.1) is 6.54 Å². The van der Waals surface area contributed by atoms with Crippen molar-refractivity contribution in [1.82, 2.24) is 19.9 Å². The van der Waals surface area contributed by atoms with Gasteiger partial charge in [0.2, 0.25) is 5.89 Å². The summed E-state index contributed by atoms with van der Waals surface area (Å²) in [6.45, 7) is 7.69. The zero-order chi connectivity index (χ0) is 21.5. The van der Waals surface area contributed by atoms with E-state index in [0.717, 1.165) is 43.3 Å². The summed E-state index contributed by atoms with van der Waals surface area (Å²) in [5, 5.41) is 0. The van der Waals surface area contributed by atoms with Crippen LogP contribution in [0.2, 0.25) is 0 Å². The van der Waals surface area contributed by atoms with Crippen LogP contribution in [0.1, 0.15) is 28.8 Å². The van der Waals surface area contributed by atoms with E-state index in [9.17, 15) is 13.2 Å². The molecule has 10 heteroatoms. The molecule has 3 heterocycles. The Morgan fingerprint density at radius 3 is 2.57 bits per heavy atom. The molecule has 2 aromatic heterocycles. The lowest BCUT2D eigenvalue weighted by atomic mass is 10.1. The van der Waals surface area contributed by atoms with E-state index in [1.165, 1.54) is 18.2 Å². The van der Waals surface area contributed by atoms with Gasteiger partial charge in [0.15, 0.2) is 5.58 Å². The Kier molecular flexibility index (Phi) is 5.37. The molecule has 0 saturated carbocycles.